The largest absolute Gasteiger partial charge is 0.335 e. The summed E-state index contributed by atoms with van der Waals surface area (Å²) in [7, 11) is 0. The Kier molecular flexibility index (Phi) is 4.04. The number of fused-ring (bicyclic) bond motifs is 2. The lowest BCUT2D eigenvalue weighted by atomic mass is 10.1. The summed E-state index contributed by atoms with van der Waals surface area (Å²) in [5.41, 5.74) is 8.03. The van der Waals surface area contributed by atoms with E-state index in [1.54, 1.807) is 24.5 Å². The summed E-state index contributed by atoms with van der Waals surface area (Å²) >= 11 is 0. The van der Waals surface area contributed by atoms with Crippen LogP contribution in [0.5, 0.6) is 0 Å². The van der Waals surface area contributed by atoms with Crippen LogP contribution in [0.2, 0.25) is 0 Å². The van der Waals surface area contributed by atoms with E-state index in [-0.39, 0.29) is 5.82 Å². The van der Waals surface area contributed by atoms with Gasteiger partial charge in [-0.05, 0) is 54.4 Å². The smallest absolute Gasteiger partial charge is 0.178 e. The quantitative estimate of drug-likeness (QED) is 0.416. The molecule has 5 aromatic heterocycles. The summed E-state index contributed by atoms with van der Waals surface area (Å²) in [6.45, 7) is 2.03. The Morgan fingerprint density at radius 3 is 2.59 bits per heavy atom. The third kappa shape index (κ3) is 2.92. The number of halogens is 1. The van der Waals surface area contributed by atoms with Gasteiger partial charge in [-0.15, -0.1) is 0 Å². The molecule has 1 aromatic carbocycles. The summed E-state index contributed by atoms with van der Waals surface area (Å²) in [4.78, 5) is 21.5. The van der Waals surface area contributed by atoms with Gasteiger partial charge in [0.1, 0.15) is 11.3 Å². The van der Waals surface area contributed by atoms with Gasteiger partial charge in [0.2, 0.25) is 0 Å². The number of hydrogen-bond donors (Lipinski definition) is 2. The monoisotopic (exact) mass is 421 g/mol. The molecule has 0 aliphatic heterocycles. The molecule has 6 aromatic rings. The van der Waals surface area contributed by atoms with Gasteiger partial charge in [-0.25, -0.2) is 19.3 Å². The average Bonchev–Trinajstić information content (AvgIpc) is 3.43. The van der Waals surface area contributed by atoms with Crippen LogP contribution in [0.15, 0.2) is 67.1 Å². The Hall–Kier alpha value is -4.46. The first-order valence-corrected chi connectivity index (χ1v) is 10.0. The van der Waals surface area contributed by atoms with Gasteiger partial charge in [0, 0.05) is 29.7 Å². The van der Waals surface area contributed by atoms with Gasteiger partial charge in [0.15, 0.2) is 17.2 Å². The van der Waals surface area contributed by atoms with Crippen LogP contribution in [0.4, 0.5) is 4.39 Å². The van der Waals surface area contributed by atoms with Gasteiger partial charge < -0.3 is 4.98 Å². The van der Waals surface area contributed by atoms with Crippen molar-refractivity contribution in [3.63, 3.8) is 0 Å². The Morgan fingerprint density at radius 2 is 1.75 bits per heavy atom. The van der Waals surface area contributed by atoms with Crippen molar-refractivity contribution in [1.82, 2.24) is 35.1 Å². The summed E-state index contributed by atoms with van der Waals surface area (Å²) in [6, 6.07) is 14.1. The first-order valence-electron chi connectivity index (χ1n) is 10.0. The zero-order chi connectivity index (χ0) is 21.7. The SMILES string of the molecule is Cc1ccncc1-c1ccc2[nH]nc(-c3nc4nccc(-c5ccc(F)cc5)c4[nH]3)c2n1. The van der Waals surface area contributed by atoms with Crippen molar-refractivity contribution in [2.45, 2.75) is 6.92 Å². The molecule has 0 atom stereocenters. The van der Waals surface area contributed by atoms with E-state index in [4.69, 9.17) is 4.98 Å². The number of H-pyrrole nitrogens is 2. The van der Waals surface area contributed by atoms with Gasteiger partial charge >= 0.3 is 0 Å². The van der Waals surface area contributed by atoms with Crippen molar-refractivity contribution in [2.75, 3.05) is 0 Å². The molecular weight excluding hydrogens is 405 g/mol. The third-order valence-electron chi connectivity index (χ3n) is 5.49. The second kappa shape index (κ2) is 7.05. The van der Waals surface area contributed by atoms with Crippen molar-refractivity contribution >= 4 is 22.2 Å². The van der Waals surface area contributed by atoms with Crippen LogP contribution in [-0.4, -0.2) is 35.1 Å². The molecule has 154 valence electrons. The highest BCUT2D eigenvalue weighted by Gasteiger charge is 2.17. The molecule has 6 rings (SSSR count). The average molecular weight is 421 g/mol. The van der Waals surface area contributed by atoms with Crippen LogP contribution in [0.3, 0.4) is 0 Å². The molecule has 32 heavy (non-hydrogen) atoms. The number of rotatable bonds is 3. The van der Waals surface area contributed by atoms with Gasteiger partial charge in [0.05, 0.1) is 16.7 Å². The second-order valence-corrected chi connectivity index (χ2v) is 7.50. The number of aromatic nitrogens is 7. The van der Waals surface area contributed by atoms with Gasteiger partial charge in [-0.2, -0.15) is 5.10 Å². The maximum Gasteiger partial charge on any atom is 0.178 e. The Morgan fingerprint density at radius 1 is 0.875 bits per heavy atom. The minimum atomic E-state index is -0.280. The molecule has 2 N–H and O–H groups in total. The fourth-order valence-electron chi connectivity index (χ4n) is 3.84. The molecule has 0 radical (unpaired) electrons. The minimum absolute atomic E-state index is 0.280. The molecule has 0 amide bonds. The van der Waals surface area contributed by atoms with Crippen LogP contribution in [0.1, 0.15) is 5.56 Å². The number of nitrogens with zero attached hydrogens (tertiary/aromatic N) is 5. The number of hydrogen-bond acceptors (Lipinski definition) is 5. The predicted molar refractivity (Wildman–Crippen MR) is 120 cm³/mol. The minimum Gasteiger partial charge on any atom is -0.335 e. The van der Waals surface area contributed by atoms with Crippen molar-refractivity contribution in [3.05, 3.63) is 78.5 Å². The van der Waals surface area contributed by atoms with Crippen molar-refractivity contribution in [2.24, 2.45) is 0 Å². The maximum atomic E-state index is 13.4. The lowest BCUT2D eigenvalue weighted by Gasteiger charge is -2.04. The summed E-state index contributed by atoms with van der Waals surface area (Å²) in [5, 5.41) is 7.48. The number of imidazole rings is 1. The predicted octanol–water partition coefficient (Wildman–Crippen LogP) is 5.07. The van der Waals surface area contributed by atoms with Crippen LogP contribution in [0.25, 0.3) is 56.1 Å². The van der Waals surface area contributed by atoms with E-state index in [9.17, 15) is 4.39 Å². The van der Waals surface area contributed by atoms with Crippen LogP contribution in [-0.2, 0) is 0 Å². The molecule has 0 aliphatic rings. The van der Waals surface area contributed by atoms with E-state index in [0.717, 1.165) is 39.0 Å². The number of benzene rings is 1. The molecular formula is C24H16FN7. The lowest BCUT2D eigenvalue weighted by Crippen LogP contribution is -1.90. The zero-order valence-corrected chi connectivity index (χ0v) is 17.0. The van der Waals surface area contributed by atoms with E-state index < -0.39 is 0 Å². The molecule has 0 saturated heterocycles. The van der Waals surface area contributed by atoms with Gasteiger partial charge in [-0.1, -0.05) is 12.1 Å². The Bertz CT molecular complexity index is 1600. The number of aryl methyl sites for hydroxylation is 1. The van der Waals surface area contributed by atoms with E-state index in [1.165, 1.54) is 12.1 Å². The number of aromatic amines is 2. The van der Waals surface area contributed by atoms with Gasteiger partial charge in [-0.3, -0.25) is 10.1 Å². The first-order chi connectivity index (χ1) is 15.7. The fraction of sp³-hybridized carbons (Fsp3) is 0.0417. The van der Waals surface area contributed by atoms with E-state index in [2.05, 4.69) is 30.1 Å². The first kappa shape index (κ1) is 18.3. The molecule has 7 nitrogen and oxygen atoms in total. The Balaban J connectivity index is 1.51. The zero-order valence-electron chi connectivity index (χ0n) is 17.0. The summed E-state index contributed by atoms with van der Waals surface area (Å²) in [6.07, 6.45) is 5.26. The van der Waals surface area contributed by atoms with E-state index >= 15 is 0 Å². The van der Waals surface area contributed by atoms with Crippen molar-refractivity contribution in [3.8, 4) is 33.9 Å². The molecule has 5 heterocycles. The highest BCUT2D eigenvalue weighted by molar-refractivity contribution is 5.94. The summed E-state index contributed by atoms with van der Waals surface area (Å²) < 4.78 is 13.4. The highest BCUT2D eigenvalue weighted by atomic mass is 19.1. The molecule has 0 spiro atoms. The molecule has 0 fully saturated rings. The van der Waals surface area contributed by atoms with Crippen LogP contribution < -0.4 is 0 Å². The van der Waals surface area contributed by atoms with E-state index in [1.807, 2.05) is 37.4 Å². The Labute approximate surface area is 181 Å². The molecule has 0 bridgehead atoms. The van der Waals surface area contributed by atoms with E-state index in [0.29, 0.717) is 22.7 Å². The lowest BCUT2D eigenvalue weighted by molar-refractivity contribution is 0.628. The normalized spacial score (nSPS) is 11.4. The topological polar surface area (TPSA) is 96.0 Å². The number of pyridine rings is 3. The molecule has 8 heteroatoms. The van der Waals surface area contributed by atoms with Gasteiger partial charge in [0.25, 0.3) is 0 Å². The maximum absolute atomic E-state index is 13.4. The molecule has 0 saturated carbocycles. The number of nitrogens with one attached hydrogen (secondary N) is 2. The van der Waals surface area contributed by atoms with Crippen LogP contribution in [0, 0.1) is 12.7 Å². The summed E-state index contributed by atoms with van der Waals surface area (Å²) in [5.74, 6) is 0.277. The van der Waals surface area contributed by atoms with Crippen molar-refractivity contribution < 1.29 is 4.39 Å². The van der Waals surface area contributed by atoms with Crippen molar-refractivity contribution in [1.29, 1.82) is 0 Å². The second-order valence-electron chi connectivity index (χ2n) is 7.50. The molecule has 0 unspecified atom stereocenters. The fourth-order valence-corrected chi connectivity index (χ4v) is 3.84. The highest BCUT2D eigenvalue weighted by Crippen LogP contribution is 2.31. The third-order valence-corrected chi connectivity index (χ3v) is 5.49. The molecule has 0 aliphatic carbocycles. The van der Waals surface area contributed by atoms with Crippen LogP contribution >= 0.6 is 0 Å². The standard InChI is InChI=1S/C24H16FN7/c1-13-8-10-26-12-17(13)18-6-7-19-21(28-18)22(32-31-19)24-29-20-16(9-11-27-23(20)30-24)14-2-4-15(25)5-3-14/h2-12H,1H3,(H,31,32)(H,27,29,30).